The monoisotopic (exact) mass is 287 g/mol. The summed E-state index contributed by atoms with van der Waals surface area (Å²) in [6.07, 6.45) is -0.554. The molecule has 0 unspecified atom stereocenters. The van der Waals surface area contributed by atoms with Crippen LogP contribution in [0.15, 0.2) is 48.5 Å². The molecule has 0 spiro atoms. The Balaban J connectivity index is 1.88. The zero-order valence-corrected chi connectivity index (χ0v) is 11.1. The number of carbonyl (C=O) groups is 2. The van der Waals surface area contributed by atoms with Crippen LogP contribution in [0.3, 0.4) is 0 Å². The summed E-state index contributed by atoms with van der Waals surface area (Å²) in [5.41, 5.74) is 1.26. The molecule has 0 aromatic heterocycles. The fraction of sp³-hybridized carbons (Fsp3) is 0.0667. The van der Waals surface area contributed by atoms with Crippen LogP contribution in [0.5, 0.6) is 5.75 Å². The smallest absolute Gasteiger partial charge is 0.410 e. The zero-order valence-electron chi connectivity index (χ0n) is 10.4. The number of ether oxygens (including phenoxy) is 1. The van der Waals surface area contributed by atoms with Crippen molar-refractivity contribution in [2.24, 2.45) is 0 Å². The number of imide groups is 1. The number of halogens is 1. The normalized spacial score (nSPS) is 13.2. The lowest BCUT2D eigenvalue weighted by atomic mass is 10.2. The number of hydrogen-bond donors (Lipinski definition) is 0. The van der Waals surface area contributed by atoms with E-state index in [1.54, 1.807) is 42.5 Å². The van der Waals surface area contributed by atoms with Crippen molar-refractivity contribution >= 4 is 29.3 Å². The lowest BCUT2D eigenvalue weighted by molar-refractivity contribution is -0.116. The number of anilines is 1. The van der Waals surface area contributed by atoms with Gasteiger partial charge < -0.3 is 4.74 Å². The van der Waals surface area contributed by atoms with Gasteiger partial charge in [-0.1, -0.05) is 29.8 Å². The molecule has 4 nitrogen and oxygen atoms in total. The van der Waals surface area contributed by atoms with E-state index in [4.69, 9.17) is 16.3 Å². The maximum atomic E-state index is 12.1. The van der Waals surface area contributed by atoms with E-state index >= 15 is 0 Å². The van der Waals surface area contributed by atoms with E-state index in [9.17, 15) is 9.59 Å². The molecule has 0 saturated carbocycles. The Morgan fingerprint density at radius 1 is 1.15 bits per heavy atom. The Labute approximate surface area is 120 Å². The van der Waals surface area contributed by atoms with E-state index in [1.807, 2.05) is 6.07 Å². The van der Waals surface area contributed by atoms with Gasteiger partial charge in [-0.2, -0.15) is 0 Å². The van der Waals surface area contributed by atoms with Crippen molar-refractivity contribution in [3.8, 4) is 5.75 Å². The average molecular weight is 288 g/mol. The second-order valence-corrected chi connectivity index (χ2v) is 4.80. The van der Waals surface area contributed by atoms with Crippen LogP contribution in [-0.2, 0) is 11.2 Å². The first-order chi connectivity index (χ1) is 9.65. The second kappa shape index (κ2) is 4.98. The Kier molecular flexibility index (Phi) is 3.16. The molecule has 0 N–H and O–H groups in total. The van der Waals surface area contributed by atoms with Gasteiger partial charge >= 0.3 is 6.09 Å². The molecule has 100 valence electrons. The van der Waals surface area contributed by atoms with Gasteiger partial charge in [-0.15, -0.1) is 0 Å². The van der Waals surface area contributed by atoms with Crippen LogP contribution in [0.2, 0.25) is 5.02 Å². The van der Waals surface area contributed by atoms with Crippen molar-refractivity contribution < 1.29 is 14.3 Å². The van der Waals surface area contributed by atoms with Gasteiger partial charge in [-0.3, -0.25) is 4.79 Å². The number of nitrogens with zero attached hydrogens (tertiary/aromatic N) is 1. The van der Waals surface area contributed by atoms with E-state index in [0.717, 1.165) is 10.5 Å². The van der Waals surface area contributed by atoms with Crippen molar-refractivity contribution in [2.75, 3.05) is 4.90 Å². The van der Waals surface area contributed by atoms with Gasteiger partial charge in [0.2, 0.25) is 5.91 Å². The summed E-state index contributed by atoms with van der Waals surface area (Å²) in [5, 5.41) is 0.537. The molecule has 0 radical (unpaired) electrons. The standard InChI is InChI=1S/C15H10ClNO3/c16-11-6-7-13-10(8-11)9-14(18)17(13)15(19)20-12-4-2-1-3-5-12/h1-8H,9H2. The fourth-order valence-electron chi connectivity index (χ4n) is 2.13. The molecule has 1 aliphatic rings. The number of amides is 2. The maximum absolute atomic E-state index is 12.1. The number of hydrogen-bond acceptors (Lipinski definition) is 3. The zero-order chi connectivity index (χ0) is 14.1. The molecule has 3 rings (SSSR count). The van der Waals surface area contributed by atoms with Gasteiger partial charge in [0.1, 0.15) is 5.75 Å². The summed E-state index contributed by atoms with van der Waals surface area (Å²) in [7, 11) is 0. The summed E-state index contributed by atoms with van der Waals surface area (Å²) in [4.78, 5) is 25.1. The lowest BCUT2D eigenvalue weighted by Crippen LogP contribution is -2.36. The molecule has 0 atom stereocenters. The minimum Gasteiger partial charge on any atom is -0.410 e. The van der Waals surface area contributed by atoms with Crippen molar-refractivity contribution in [1.29, 1.82) is 0 Å². The van der Waals surface area contributed by atoms with Crippen LogP contribution < -0.4 is 9.64 Å². The first-order valence-corrected chi connectivity index (χ1v) is 6.41. The highest BCUT2D eigenvalue weighted by atomic mass is 35.5. The van der Waals surface area contributed by atoms with Gasteiger partial charge in [-0.25, -0.2) is 9.69 Å². The van der Waals surface area contributed by atoms with Crippen LogP contribution in [-0.4, -0.2) is 12.0 Å². The van der Waals surface area contributed by atoms with Gasteiger partial charge in [0.15, 0.2) is 0 Å². The highest BCUT2D eigenvalue weighted by Gasteiger charge is 2.33. The van der Waals surface area contributed by atoms with E-state index in [-0.39, 0.29) is 12.3 Å². The summed E-state index contributed by atoms with van der Waals surface area (Å²) in [6.45, 7) is 0. The predicted octanol–water partition coefficient (Wildman–Crippen LogP) is 3.43. The minimum atomic E-state index is -0.706. The molecule has 1 aliphatic heterocycles. The lowest BCUT2D eigenvalue weighted by Gasteiger charge is -2.15. The largest absolute Gasteiger partial charge is 0.426 e. The summed E-state index contributed by atoms with van der Waals surface area (Å²) >= 11 is 5.88. The van der Waals surface area contributed by atoms with Gasteiger partial charge in [-0.05, 0) is 35.9 Å². The molecule has 2 amide bonds. The summed E-state index contributed by atoms with van der Waals surface area (Å²) < 4.78 is 5.19. The van der Waals surface area contributed by atoms with Crippen LogP contribution >= 0.6 is 11.6 Å². The Bertz CT molecular complexity index is 685. The van der Waals surface area contributed by atoms with Crippen LogP contribution in [0.25, 0.3) is 0 Å². The minimum absolute atomic E-state index is 0.153. The molecule has 1 heterocycles. The third-order valence-corrected chi connectivity index (χ3v) is 3.24. The molecule has 0 saturated heterocycles. The summed E-state index contributed by atoms with van der Waals surface area (Å²) in [5.74, 6) is 0.0795. The molecule has 0 fully saturated rings. The number of carbonyl (C=O) groups excluding carboxylic acids is 2. The first kappa shape index (κ1) is 12.7. The van der Waals surface area contributed by atoms with Crippen LogP contribution in [0.4, 0.5) is 10.5 Å². The van der Waals surface area contributed by atoms with Gasteiger partial charge in [0.25, 0.3) is 0 Å². The Hall–Kier alpha value is -2.33. The quantitative estimate of drug-likeness (QED) is 0.807. The van der Waals surface area contributed by atoms with Crippen LogP contribution in [0, 0.1) is 0 Å². The number of fused-ring (bicyclic) bond motifs is 1. The Morgan fingerprint density at radius 3 is 2.65 bits per heavy atom. The molecule has 2 aromatic rings. The SMILES string of the molecule is O=C1Cc2cc(Cl)ccc2N1C(=O)Oc1ccccc1. The van der Waals surface area contributed by atoms with E-state index in [0.29, 0.717) is 16.5 Å². The molecule has 5 heteroatoms. The number of benzene rings is 2. The third kappa shape index (κ3) is 2.26. The van der Waals surface area contributed by atoms with E-state index in [2.05, 4.69) is 0 Å². The molecule has 0 bridgehead atoms. The van der Waals surface area contributed by atoms with Crippen molar-refractivity contribution in [3.05, 3.63) is 59.1 Å². The maximum Gasteiger partial charge on any atom is 0.426 e. The van der Waals surface area contributed by atoms with E-state index in [1.165, 1.54) is 0 Å². The van der Waals surface area contributed by atoms with Gasteiger partial charge in [0.05, 0.1) is 12.1 Å². The summed E-state index contributed by atoms with van der Waals surface area (Å²) in [6, 6.07) is 13.6. The predicted molar refractivity (Wildman–Crippen MR) is 75.1 cm³/mol. The van der Waals surface area contributed by atoms with Crippen LogP contribution in [0.1, 0.15) is 5.56 Å². The topological polar surface area (TPSA) is 46.6 Å². The first-order valence-electron chi connectivity index (χ1n) is 6.03. The third-order valence-electron chi connectivity index (χ3n) is 3.00. The van der Waals surface area contributed by atoms with Crippen molar-refractivity contribution in [3.63, 3.8) is 0 Å². The average Bonchev–Trinajstić information content (AvgIpc) is 2.74. The van der Waals surface area contributed by atoms with E-state index < -0.39 is 6.09 Å². The highest BCUT2D eigenvalue weighted by molar-refractivity contribution is 6.31. The van der Waals surface area contributed by atoms with Crippen molar-refractivity contribution in [1.82, 2.24) is 0 Å². The van der Waals surface area contributed by atoms with Crippen molar-refractivity contribution in [2.45, 2.75) is 6.42 Å². The van der Waals surface area contributed by atoms with Gasteiger partial charge in [0, 0.05) is 5.02 Å². The fourth-order valence-corrected chi connectivity index (χ4v) is 2.32. The Morgan fingerprint density at radius 2 is 1.90 bits per heavy atom. The number of rotatable bonds is 1. The highest BCUT2D eigenvalue weighted by Crippen LogP contribution is 2.31. The number of para-hydroxylation sites is 1. The molecule has 20 heavy (non-hydrogen) atoms. The molecule has 0 aliphatic carbocycles. The molecular formula is C15H10ClNO3. The molecule has 2 aromatic carbocycles. The second-order valence-electron chi connectivity index (χ2n) is 4.36. The molecular weight excluding hydrogens is 278 g/mol.